The van der Waals surface area contributed by atoms with Gasteiger partial charge in [0.15, 0.2) is 0 Å². The maximum atomic E-state index is 13.5. The molecule has 1 aliphatic heterocycles. The Morgan fingerprint density at radius 2 is 1.60 bits per heavy atom. The van der Waals surface area contributed by atoms with E-state index in [1.165, 1.54) is 19.3 Å². The maximum Gasteiger partial charge on any atom is 0.258 e. The molecule has 0 unspecified atom stereocenters. The third kappa shape index (κ3) is 2.78. The minimum atomic E-state index is -0.668. The molecule has 4 heteroatoms. The molecule has 132 valence electrons. The van der Waals surface area contributed by atoms with Crippen molar-refractivity contribution in [1.29, 1.82) is 0 Å². The van der Waals surface area contributed by atoms with E-state index >= 15 is 0 Å². The van der Waals surface area contributed by atoms with Crippen LogP contribution in [0, 0.1) is 0 Å². The van der Waals surface area contributed by atoms with Gasteiger partial charge in [-0.1, -0.05) is 50.3 Å². The Bertz CT molecular complexity index is 670. The number of carbonyl (C=O) groups excluding carboxylic acids is 2. The fourth-order valence-corrected chi connectivity index (χ4v) is 4.74. The van der Waals surface area contributed by atoms with Gasteiger partial charge in [0.05, 0.1) is 0 Å². The van der Waals surface area contributed by atoms with E-state index in [9.17, 15) is 9.59 Å². The van der Waals surface area contributed by atoms with Crippen LogP contribution in [-0.2, 0) is 4.79 Å². The first-order valence-electron chi connectivity index (χ1n) is 9.62. The van der Waals surface area contributed by atoms with Crippen LogP contribution >= 0.6 is 0 Å². The summed E-state index contributed by atoms with van der Waals surface area (Å²) in [7, 11) is 0. The van der Waals surface area contributed by atoms with Crippen LogP contribution in [0.15, 0.2) is 42.7 Å². The van der Waals surface area contributed by atoms with E-state index in [2.05, 4.69) is 0 Å². The highest BCUT2D eigenvalue weighted by atomic mass is 16.2. The van der Waals surface area contributed by atoms with Gasteiger partial charge >= 0.3 is 0 Å². The lowest BCUT2D eigenvalue weighted by Crippen LogP contribution is -2.61. The quantitative estimate of drug-likeness (QED) is 0.815. The molecule has 0 saturated heterocycles. The third-order valence-corrected chi connectivity index (χ3v) is 6.11. The normalized spacial score (nSPS) is 23.4. The highest BCUT2D eigenvalue weighted by molar-refractivity contribution is 6.01. The summed E-state index contributed by atoms with van der Waals surface area (Å²) < 4.78 is 0. The molecule has 0 N–H and O–H groups in total. The molecule has 2 fully saturated rings. The molecule has 2 aliphatic carbocycles. The Morgan fingerprint density at radius 1 is 0.920 bits per heavy atom. The highest BCUT2D eigenvalue weighted by Gasteiger charge is 2.52. The second-order valence-electron chi connectivity index (χ2n) is 7.58. The number of hydrogen-bond acceptors (Lipinski definition) is 2. The molecule has 2 amide bonds. The lowest BCUT2D eigenvalue weighted by molar-refractivity contribution is -0.143. The van der Waals surface area contributed by atoms with Crippen molar-refractivity contribution >= 4 is 11.8 Å². The Kier molecular flexibility index (Phi) is 4.36. The van der Waals surface area contributed by atoms with Crippen LogP contribution in [-0.4, -0.2) is 33.2 Å². The standard InChI is InChI=1S/C21H26N2O2/c24-19(17-9-3-1-4-10-17)23-16-15-22(18-11-5-2-6-12-18)20(25)21(23)13-7-8-14-21/h1,3-4,9-10,15-16,18H,2,5-8,11-14H2. The summed E-state index contributed by atoms with van der Waals surface area (Å²) >= 11 is 0. The second-order valence-corrected chi connectivity index (χ2v) is 7.58. The van der Waals surface area contributed by atoms with Gasteiger partial charge in [0.2, 0.25) is 0 Å². The van der Waals surface area contributed by atoms with E-state index in [1.807, 2.05) is 47.6 Å². The second kappa shape index (κ2) is 6.66. The van der Waals surface area contributed by atoms with Crippen LogP contribution in [0.25, 0.3) is 0 Å². The minimum Gasteiger partial charge on any atom is -0.313 e. The fraction of sp³-hybridized carbons (Fsp3) is 0.524. The SMILES string of the molecule is O=C(c1ccccc1)N1C=CN(C2CCCCC2)C(=O)C12CCCC2. The summed E-state index contributed by atoms with van der Waals surface area (Å²) in [5, 5.41) is 0. The molecule has 0 bridgehead atoms. The van der Waals surface area contributed by atoms with E-state index in [0.29, 0.717) is 11.6 Å². The largest absolute Gasteiger partial charge is 0.313 e. The molecule has 0 aromatic heterocycles. The van der Waals surface area contributed by atoms with Crippen LogP contribution in [0.5, 0.6) is 0 Å². The minimum absolute atomic E-state index is 0.0598. The zero-order valence-electron chi connectivity index (χ0n) is 14.7. The molecular weight excluding hydrogens is 312 g/mol. The molecule has 1 aromatic rings. The average molecular weight is 338 g/mol. The molecule has 25 heavy (non-hydrogen) atoms. The van der Waals surface area contributed by atoms with Crippen molar-refractivity contribution in [2.45, 2.75) is 69.4 Å². The molecule has 3 aliphatic rings. The summed E-state index contributed by atoms with van der Waals surface area (Å²) in [6, 6.07) is 9.62. The number of hydrogen-bond donors (Lipinski definition) is 0. The van der Waals surface area contributed by atoms with Gasteiger partial charge in [0.25, 0.3) is 11.8 Å². The maximum absolute atomic E-state index is 13.5. The Balaban J connectivity index is 1.67. The Hall–Kier alpha value is -2.10. The number of rotatable bonds is 2. The summed E-state index contributed by atoms with van der Waals surface area (Å²) in [6.07, 6.45) is 13.1. The Morgan fingerprint density at radius 3 is 2.28 bits per heavy atom. The first-order valence-corrected chi connectivity index (χ1v) is 9.62. The number of amides is 2. The molecule has 4 rings (SSSR count). The van der Waals surface area contributed by atoms with Gasteiger partial charge in [0.1, 0.15) is 5.54 Å². The first kappa shape index (κ1) is 16.4. The predicted molar refractivity (Wildman–Crippen MR) is 96.7 cm³/mol. The molecular formula is C21H26N2O2. The highest BCUT2D eigenvalue weighted by Crippen LogP contribution is 2.41. The van der Waals surface area contributed by atoms with E-state index < -0.39 is 5.54 Å². The van der Waals surface area contributed by atoms with Crippen LogP contribution < -0.4 is 0 Å². The van der Waals surface area contributed by atoms with Crippen molar-refractivity contribution in [2.24, 2.45) is 0 Å². The fourth-order valence-electron chi connectivity index (χ4n) is 4.74. The van der Waals surface area contributed by atoms with Crippen molar-refractivity contribution in [3.8, 4) is 0 Å². The lowest BCUT2D eigenvalue weighted by Gasteiger charge is -2.46. The smallest absolute Gasteiger partial charge is 0.258 e. The van der Waals surface area contributed by atoms with E-state index in [-0.39, 0.29) is 11.8 Å². The van der Waals surface area contributed by atoms with E-state index in [4.69, 9.17) is 0 Å². The van der Waals surface area contributed by atoms with Crippen molar-refractivity contribution in [1.82, 2.24) is 9.80 Å². The van der Waals surface area contributed by atoms with Crippen molar-refractivity contribution in [3.05, 3.63) is 48.3 Å². The number of benzene rings is 1. The molecule has 0 radical (unpaired) electrons. The van der Waals surface area contributed by atoms with Crippen molar-refractivity contribution < 1.29 is 9.59 Å². The van der Waals surface area contributed by atoms with Crippen LogP contribution in [0.4, 0.5) is 0 Å². The lowest BCUT2D eigenvalue weighted by atomic mass is 9.87. The monoisotopic (exact) mass is 338 g/mol. The molecule has 4 nitrogen and oxygen atoms in total. The molecule has 1 heterocycles. The average Bonchev–Trinajstić information content (AvgIpc) is 3.15. The molecule has 2 saturated carbocycles. The van der Waals surface area contributed by atoms with Gasteiger partial charge in [-0.25, -0.2) is 0 Å². The molecule has 1 aromatic carbocycles. The van der Waals surface area contributed by atoms with Crippen molar-refractivity contribution in [2.75, 3.05) is 0 Å². The summed E-state index contributed by atoms with van der Waals surface area (Å²) in [5.41, 5.74) is -0.0172. The van der Waals surface area contributed by atoms with Gasteiger partial charge in [-0.05, 0) is 37.8 Å². The van der Waals surface area contributed by atoms with E-state index in [0.717, 1.165) is 38.5 Å². The zero-order chi connectivity index (χ0) is 17.3. The summed E-state index contributed by atoms with van der Waals surface area (Å²) in [6.45, 7) is 0. The van der Waals surface area contributed by atoms with Gasteiger partial charge < -0.3 is 4.90 Å². The third-order valence-electron chi connectivity index (χ3n) is 6.11. The van der Waals surface area contributed by atoms with Gasteiger partial charge in [-0.2, -0.15) is 0 Å². The zero-order valence-corrected chi connectivity index (χ0v) is 14.7. The Labute approximate surface area is 149 Å². The summed E-state index contributed by atoms with van der Waals surface area (Å²) in [5.74, 6) is 0.0825. The topological polar surface area (TPSA) is 40.6 Å². The molecule has 1 spiro atoms. The molecule has 0 atom stereocenters. The predicted octanol–water partition coefficient (Wildman–Crippen LogP) is 4.09. The number of carbonyl (C=O) groups is 2. The number of nitrogens with zero attached hydrogens (tertiary/aromatic N) is 2. The first-order chi connectivity index (χ1) is 12.2. The van der Waals surface area contributed by atoms with Crippen LogP contribution in [0.3, 0.4) is 0 Å². The van der Waals surface area contributed by atoms with Crippen LogP contribution in [0.1, 0.15) is 68.1 Å². The van der Waals surface area contributed by atoms with Crippen LogP contribution in [0.2, 0.25) is 0 Å². The van der Waals surface area contributed by atoms with E-state index in [1.54, 1.807) is 4.90 Å². The van der Waals surface area contributed by atoms with Gasteiger partial charge in [-0.15, -0.1) is 0 Å². The summed E-state index contributed by atoms with van der Waals surface area (Å²) in [4.78, 5) is 30.3. The van der Waals surface area contributed by atoms with Gasteiger partial charge in [0, 0.05) is 24.0 Å². The van der Waals surface area contributed by atoms with Gasteiger partial charge in [-0.3, -0.25) is 14.5 Å². The van der Waals surface area contributed by atoms with Crippen molar-refractivity contribution in [3.63, 3.8) is 0 Å².